The highest BCUT2D eigenvalue weighted by molar-refractivity contribution is 5.96. The van der Waals surface area contributed by atoms with E-state index in [1.807, 2.05) is 54.9 Å². The van der Waals surface area contributed by atoms with Crippen molar-refractivity contribution in [1.82, 2.24) is 19.9 Å². The topological polar surface area (TPSA) is 59.8 Å². The number of hydrogen-bond acceptors (Lipinski definition) is 3. The minimum absolute atomic E-state index is 0.267. The van der Waals surface area contributed by atoms with Crippen LogP contribution in [-0.2, 0) is 7.05 Å². The molecular formula is C24H21FN4O. The average molecular weight is 400 g/mol. The van der Waals surface area contributed by atoms with Crippen molar-refractivity contribution in [3.8, 4) is 11.3 Å². The Hall–Kier alpha value is -3.80. The molecule has 0 aliphatic heterocycles. The maximum absolute atomic E-state index is 13.4. The molecule has 0 fully saturated rings. The van der Waals surface area contributed by atoms with E-state index < -0.39 is 6.04 Å². The highest BCUT2D eigenvalue weighted by Gasteiger charge is 2.22. The third-order valence-electron chi connectivity index (χ3n) is 5.00. The molecule has 150 valence electrons. The predicted octanol–water partition coefficient (Wildman–Crippen LogP) is 4.45. The molecule has 5 nitrogen and oxygen atoms in total. The van der Waals surface area contributed by atoms with Crippen LogP contribution in [0.4, 0.5) is 4.39 Å². The molecule has 6 heteroatoms. The van der Waals surface area contributed by atoms with Gasteiger partial charge in [0.15, 0.2) is 0 Å². The zero-order chi connectivity index (χ0) is 21.1. The molecule has 1 unspecified atom stereocenters. The number of pyridine rings is 1. The summed E-state index contributed by atoms with van der Waals surface area (Å²) in [5.74, 6) is 0.0543. The standard InChI is InChI=1S/C24H21FN4O/c1-16-20(12-13-21(27-16)17-6-4-3-5-7-17)24(30)28-22(23-26-14-15-29(23)2)18-8-10-19(25)11-9-18/h3-15,22H,1-2H3,(H,28,30). The number of amides is 1. The van der Waals surface area contributed by atoms with Gasteiger partial charge in [-0.25, -0.2) is 9.37 Å². The van der Waals surface area contributed by atoms with Gasteiger partial charge in [-0.05, 0) is 36.8 Å². The summed E-state index contributed by atoms with van der Waals surface area (Å²) in [6, 6.07) is 19.0. The van der Waals surface area contributed by atoms with Crippen molar-refractivity contribution in [2.45, 2.75) is 13.0 Å². The molecule has 2 aromatic heterocycles. The second-order valence-corrected chi connectivity index (χ2v) is 7.05. The van der Waals surface area contributed by atoms with Crippen molar-refractivity contribution in [2.75, 3.05) is 0 Å². The Morgan fingerprint density at radius 2 is 1.77 bits per heavy atom. The van der Waals surface area contributed by atoms with Crippen molar-refractivity contribution < 1.29 is 9.18 Å². The molecule has 30 heavy (non-hydrogen) atoms. The summed E-state index contributed by atoms with van der Waals surface area (Å²) >= 11 is 0. The minimum atomic E-state index is -0.522. The number of halogens is 1. The highest BCUT2D eigenvalue weighted by atomic mass is 19.1. The molecule has 4 aromatic rings. The lowest BCUT2D eigenvalue weighted by molar-refractivity contribution is 0.0940. The summed E-state index contributed by atoms with van der Waals surface area (Å²) in [5.41, 5.74) is 3.65. The van der Waals surface area contributed by atoms with Crippen LogP contribution in [0, 0.1) is 12.7 Å². The van der Waals surface area contributed by atoms with Gasteiger partial charge in [0, 0.05) is 25.0 Å². The lowest BCUT2D eigenvalue weighted by Gasteiger charge is -2.20. The van der Waals surface area contributed by atoms with E-state index >= 15 is 0 Å². The number of benzene rings is 2. The van der Waals surface area contributed by atoms with Crippen molar-refractivity contribution in [2.24, 2.45) is 7.05 Å². The van der Waals surface area contributed by atoms with E-state index in [4.69, 9.17) is 0 Å². The lowest BCUT2D eigenvalue weighted by atomic mass is 10.0. The fourth-order valence-corrected chi connectivity index (χ4v) is 3.39. The van der Waals surface area contributed by atoms with E-state index in [2.05, 4.69) is 15.3 Å². The zero-order valence-electron chi connectivity index (χ0n) is 16.7. The van der Waals surface area contributed by atoms with E-state index in [0.29, 0.717) is 17.1 Å². The summed E-state index contributed by atoms with van der Waals surface area (Å²) in [6.45, 7) is 1.81. The number of hydrogen-bond donors (Lipinski definition) is 1. The van der Waals surface area contributed by atoms with Crippen LogP contribution in [0.5, 0.6) is 0 Å². The molecule has 0 aliphatic rings. The van der Waals surface area contributed by atoms with E-state index in [0.717, 1.165) is 16.8 Å². The third kappa shape index (κ3) is 3.98. The molecule has 0 bridgehead atoms. The largest absolute Gasteiger partial charge is 0.338 e. The van der Waals surface area contributed by atoms with Crippen LogP contribution in [0.1, 0.15) is 33.5 Å². The number of nitrogens with one attached hydrogen (secondary N) is 1. The number of nitrogens with zero attached hydrogens (tertiary/aromatic N) is 3. The van der Waals surface area contributed by atoms with Crippen LogP contribution in [0.2, 0.25) is 0 Å². The fourth-order valence-electron chi connectivity index (χ4n) is 3.39. The number of aromatic nitrogens is 3. The molecule has 1 amide bonds. The number of imidazole rings is 1. The minimum Gasteiger partial charge on any atom is -0.338 e. The van der Waals surface area contributed by atoms with Gasteiger partial charge >= 0.3 is 0 Å². The first kappa shape index (κ1) is 19.5. The van der Waals surface area contributed by atoms with Crippen LogP contribution < -0.4 is 5.32 Å². The molecule has 0 radical (unpaired) electrons. The normalized spacial score (nSPS) is 11.8. The van der Waals surface area contributed by atoms with Crippen LogP contribution >= 0.6 is 0 Å². The monoisotopic (exact) mass is 400 g/mol. The first-order valence-corrected chi connectivity index (χ1v) is 9.59. The lowest BCUT2D eigenvalue weighted by Crippen LogP contribution is -2.31. The maximum Gasteiger partial charge on any atom is 0.253 e. The van der Waals surface area contributed by atoms with Gasteiger partial charge in [-0.3, -0.25) is 9.78 Å². The summed E-state index contributed by atoms with van der Waals surface area (Å²) in [4.78, 5) is 22.1. The number of aryl methyl sites for hydroxylation is 2. The van der Waals surface area contributed by atoms with E-state index in [1.165, 1.54) is 12.1 Å². The third-order valence-corrected chi connectivity index (χ3v) is 5.00. The molecule has 4 rings (SSSR count). The van der Waals surface area contributed by atoms with Crippen LogP contribution in [0.25, 0.3) is 11.3 Å². The van der Waals surface area contributed by atoms with Crippen LogP contribution in [0.3, 0.4) is 0 Å². The van der Waals surface area contributed by atoms with Crippen molar-refractivity contribution in [1.29, 1.82) is 0 Å². The molecule has 2 heterocycles. The quantitative estimate of drug-likeness (QED) is 0.538. The average Bonchev–Trinajstić information content (AvgIpc) is 3.18. The predicted molar refractivity (Wildman–Crippen MR) is 113 cm³/mol. The second kappa shape index (κ2) is 8.29. The Bertz CT molecular complexity index is 1170. The van der Waals surface area contributed by atoms with Gasteiger partial charge in [0.1, 0.15) is 17.7 Å². The fraction of sp³-hybridized carbons (Fsp3) is 0.125. The molecule has 0 spiro atoms. The zero-order valence-corrected chi connectivity index (χ0v) is 16.7. The van der Waals surface area contributed by atoms with Gasteiger partial charge in [0.05, 0.1) is 17.0 Å². The van der Waals surface area contributed by atoms with Gasteiger partial charge in [-0.15, -0.1) is 0 Å². The van der Waals surface area contributed by atoms with Gasteiger partial charge in [-0.1, -0.05) is 42.5 Å². The first-order chi connectivity index (χ1) is 14.5. The van der Waals surface area contributed by atoms with Crippen LogP contribution in [-0.4, -0.2) is 20.4 Å². The van der Waals surface area contributed by atoms with Crippen molar-refractivity contribution >= 4 is 5.91 Å². The summed E-state index contributed by atoms with van der Waals surface area (Å²) in [7, 11) is 1.85. The molecule has 0 saturated carbocycles. The highest BCUT2D eigenvalue weighted by Crippen LogP contribution is 2.23. The van der Waals surface area contributed by atoms with Gasteiger partial charge < -0.3 is 9.88 Å². The van der Waals surface area contributed by atoms with Gasteiger partial charge in [0.25, 0.3) is 5.91 Å². The Kier molecular flexibility index (Phi) is 5.39. The van der Waals surface area contributed by atoms with E-state index in [9.17, 15) is 9.18 Å². The molecule has 0 aliphatic carbocycles. The SMILES string of the molecule is Cc1nc(-c2ccccc2)ccc1C(=O)NC(c1ccc(F)cc1)c1nccn1C. The first-order valence-electron chi connectivity index (χ1n) is 9.59. The Morgan fingerprint density at radius 3 is 2.40 bits per heavy atom. The van der Waals surface area contributed by atoms with Gasteiger partial charge in [-0.2, -0.15) is 0 Å². The van der Waals surface area contributed by atoms with E-state index in [-0.39, 0.29) is 11.7 Å². The molecular weight excluding hydrogens is 379 g/mol. The summed E-state index contributed by atoms with van der Waals surface area (Å²) in [6.07, 6.45) is 3.47. The summed E-state index contributed by atoms with van der Waals surface area (Å²) < 4.78 is 15.2. The number of rotatable bonds is 5. The number of carbonyl (C=O) groups excluding carboxylic acids is 1. The maximum atomic E-state index is 13.4. The molecule has 2 aromatic carbocycles. The van der Waals surface area contributed by atoms with E-state index in [1.54, 1.807) is 30.6 Å². The van der Waals surface area contributed by atoms with Crippen molar-refractivity contribution in [3.63, 3.8) is 0 Å². The van der Waals surface area contributed by atoms with Crippen molar-refractivity contribution in [3.05, 3.63) is 108 Å². The molecule has 0 saturated heterocycles. The second-order valence-electron chi connectivity index (χ2n) is 7.05. The smallest absolute Gasteiger partial charge is 0.253 e. The summed E-state index contributed by atoms with van der Waals surface area (Å²) in [5, 5.41) is 3.03. The van der Waals surface area contributed by atoms with Gasteiger partial charge in [0.2, 0.25) is 0 Å². The number of carbonyl (C=O) groups is 1. The molecule has 1 atom stereocenters. The van der Waals surface area contributed by atoms with Crippen LogP contribution in [0.15, 0.2) is 79.1 Å². The molecule has 1 N–H and O–H groups in total. The Labute approximate surface area is 174 Å². The Balaban J connectivity index is 1.64. The Morgan fingerprint density at radius 1 is 1.03 bits per heavy atom.